The molecule has 0 fully saturated rings. The van der Waals surface area contributed by atoms with Crippen molar-refractivity contribution in [1.82, 2.24) is 5.32 Å². The zero-order valence-electron chi connectivity index (χ0n) is 9.98. The maximum atomic E-state index is 11.9. The van der Waals surface area contributed by atoms with Crippen LogP contribution in [0.3, 0.4) is 0 Å². The molecule has 1 amide bonds. The minimum atomic E-state index is -1.10. The highest BCUT2D eigenvalue weighted by Crippen LogP contribution is 2.22. The summed E-state index contributed by atoms with van der Waals surface area (Å²) in [5.74, 6) is -2.16. The van der Waals surface area contributed by atoms with Crippen molar-refractivity contribution in [2.75, 3.05) is 0 Å². The first-order valence-corrected chi connectivity index (χ1v) is 6.14. The molecule has 0 aliphatic heterocycles. The van der Waals surface area contributed by atoms with Gasteiger partial charge in [0.15, 0.2) is 0 Å². The number of hydrogen-bond donors (Lipinski definition) is 3. The number of rotatable bonds is 4. The van der Waals surface area contributed by atoms with Gasteiger partial charge < -0.3 is 15.5 Å². The minimum Gasteiger partial charge on any atom is -0.507 e. The predicted octanol–water partition coefficient (Wildman–Crippen LogP) is 1.99. The van der Waals surface area contributed by atoms with E-state index in [9.17, 15) is 14.7 Å². The second-order valence-electron chi connectivity index (χ2n) is 4.19. The molecule has 3 N–H and O–H groups in total. The van der Waals surface area contributed by atoms with Crippen molar-refractivity contribution in [2.24, 2.45) is 5.92 Å². The maximum absolute atomic E-state index is 11.9. The van der Waals surface area contributed by atoms with Crippen molar-refractivity contribution in [1.29, 1.82) is 0 Å². The van der Waals surface area contributed by atoms with Crippen LogP contribution in [0.1, 0.15) is 24.2 Å². The molecule has 0 radical (unpaired) electrons. The quantitative estimate of drug-likeness (QED) is 0.793. The molecular weight excluding hydrogens is 302 g/mol. The second-order valence-corrected chi connectivity index (χ2v) is 5.11. The van der Waals surface area contributed by atoms with E-state index in [0.29, 0.717) is 4.47 Å². The molecule has 0 saturated heterocycles. The Bertz CT molecular complexity index is 473. The van der Waals surface area contributed by atoms with Crippen LogP contribution in [0.25, 0.3) is 0 Å². The Kier molecular flexibility index (Phi) is 4.72. The Hall–Kier alpha value is -1.56. The smallest absolute Gasteiger partial charge is 0.326 e. The number of aliphatic carboxylic acids is 1. The van der Waals surface area contributed by atoms with Crippen LogP contribution in [-0.2, 0) is 4.79 Å². The molecule has 1 aromatic carbocycles. The van der Waals surface area contributed by atoms with Crippen molar-refractivity contribution < 1.29 is 19.8 Å². The highest BCUT2D eigenvalue weighted by Gasteiger charge is 2.25. The van der Waals surface area contributed by atoms with Gasteiger partial charge in [-0.05, 0) is 24.1 Å². The van der Waals surface area contributed by atoms with E-state index >= 15 is 0 Å². The number of phenols is 1. The lowest BCUT2D eigenvalue weighted by molar-refractivity contribution is -0.140. The first kappa shape index (κ1) is 14.5. The van der Waals surface area contributed by atoms with Crippen molar-refractivity contribution in [3.63, 3.8) is 0 Å². The zero-order valence-corrected chi connectivity index (χ0v) is 11.6. The van der Waals surface area contributed by atoms with Crippen LogP contribution < -0.4 is 5.32 Å². The topological polar surface area (TPSA) is 86.6 Å². The highest BCUT2D eigenvalue weighted by molar-refractivity contribution is 9.10. The predicted molar refractivity (Wildman–Crippen MR) is 69.5 cm³/mol. The lowest BCUT2D eigenvalue weighted by Gasteiger charge is -2.18. The van der Waals surface area contributed by atoms with Crippen LogP contribution in [0, 0.1) is 5.92 Å². The fraction of sp³-hybridized carbons (Fsp3) is 0.333. The van der Waals surface area contributed by atoms with E-state index < -0.39 is 17.9 Å². The molecule has 0 saturated carbocycles. The number of carbonyl (C=O) groups is 2. The molecule has 6 heteroatoms. The second kappa shape index (κ2) is 5.86. The van der Waals surface area contributed by atoms with Crippen molar-refractivity contribution in [2.45, 2.75) is 19.9 Å². The summed E-state index contributed by atoms with van der Waals surface area (Å²) in [7, 11) is 0. The standard InChI is InChI=1S/C12H14BrNO4/c1-6(2)10(12(17)18)14-11(16)8-5-7(13)3-4-9(8)15/h3-6,10,15H,1-2H3,(H,14,16)(H,17,18). The van der Waals surface area contributed by atoms with Gasteiger partial charge in [-0.3, -0.25) is 4.79 Å². The van der Waals surface area contributed by atoms with Gasteiger partial charge in [-0.25, -0.2) is 4.79 Å². The molecular formula is C12H14BrNO4. The summed E-state index contributed by atoms with van der Waals surface area (Å²) in [6.07, 6.45) is 0. The van der Waals surface area contributed by atoms with Gasteiger partial charge in [0.1, 0.15) is 11.8 Å². The molecule has 98 valence electrons. The number of carboxylic acid groups (broad SMARTS) is 1. The van der Waals surface area contributed by atoms with Crippen LogP contribution >= 0.6 is 15.9 Å². The molecule has 0 aliphatic rings. The van der Waals surface area contributed by atoms with Gasteiger partial charge in [-0.2, -0.15) is 0 Å². The number of nitrogens with one attached hydrogen (secondary N) is 1. The number of benzene rings is 1. The van der Waals surface area contributed by atoms with Crippen LogP contribution in [0.15, 0.2) is 22.7 Å². The molecule has 1 aromatic rings. The number of carbonyl (C=O) groups excluding carboxylic acids is 1. The maximum Gasteiger partial charge on any atom is 0.326 e. The molecule has 0 aromatic heterocycles. The summed E-state index contributed by atoms with van der Waals surface area (Å²) in [4.78, 5) is 22.9. The molecule has 0 spiro atoms. The normalized spacial score (nSPS) is 12.2. The third-order valence-corrected chi connectivity index (χ3v) is 2.92. The molecule has 18 heavy (non-hydrogen) atoms. The summed E-state index contributed by atoms with van der Waals surface area (Å²) in [5.41, 5.74) is 0.0382. The van der Waals surface area contributed by atoms with E-state index in [0.717, 1.165) is 0 Å². The van der Waals surface area contributed by atoms with Gasteiger partial charge in [0, 0.05) is 4.47 Å². The van der Waals surface area contributed by atoms with E-state index in [-0.39, 0.29) is 17.2 Å². The number of halogens is 1. The van der Waals surface area contributed by atoms with E-state index in [1.54, 1.807) is 19.9 Å². The molecule has 5 nitrogen and oxygen atoms in total. The minimum absolute atomic E-state index is 0.0382. The Morgan fingerprint density at radius 3 is 2.44 bits per heavy atom. The number of amides is 1. The number of aromatic hydroxyl groups is 1. The van der Waals surface area contributed by atoms with Crippen molar-refractivity contribution in [3.8, 4) is 5.75 Å². The molecule has 0 aliphatic carbocycles. The number of hydrogen-bond acceptors (Lipinski definition) is 3. The average Bonchev–Trinajstić information content (AvgIpc) is 2.28. The molecule has 1 rings (SSSR count). The van der Waals surface area contributed by atoms with Crippen molar-refractivity contribution >= 4 is 27.8 Å². The molecule has 1 unspecified atom stereocenters. The van der Waals surface area contributed by atoms with Crippen LogP contribution in [0.2, 0.25) is 0 Å². The van der Waals surface area contributed by atoms with Gasteiger partial charge in [-0.15, -0.1) is 0 Å². The van der Waals surface area contributed by atoms with Crippen LogP contribution in [0.4, 0.5) is 0 Å². The van der Waals surface area contributed by atoms with Crippen LogP contribution in [-0.4, -0.2) is 28.1 Å². The highest BCUT2D eigenvalue weighted by atomic mass is 79.9. The monoisotopic (exact) mass is 315 g/mol. The zero-order chi connectivity index (χ0) is 13.9. The summed E-state index contributed by atoms with van der Waals surface area (Å²) in [5, 5.41) is 20.9. The van der Waals surface area contributed by atoms with E-state index in [1.807, 2.05) is 0 Å². The fourth-order valence-corrected chi connectivity index (χ4v) is 1.78. The SMILES string of the molecule is CC(C)C(NC(=O)c1cc(Br)ccc1O)C(=O)O. The third kappa shape index (κ3) is 3.46. The summed E-state index contributed by atoms with van der Waals surface area (Å²) in [6, 6.07) is 3.40. The van der Waals surface area contributed by atoms with Gasteiger partial charge in [0.2, 0.25) is 0 Å². The Morgan fingerprint density at radius 2 is 1.94 bits per heavy atom. The van der Waals surface area contributed by atoms with E-state index in [1.165, 1.54) is 12.1 Å². The van der Waals surface area contributed by atoms with Gasteiger partial charge >= 0.3 is 5.97 Å². The Balaban J connectivity index is 2.94. The Morgan fingerprint density at radius 1 is 1.33 bits per heavy atom. The first-order valence-electron chi connectivity index (χ1n) is 5.35. The summed E-state index contributed by atoms with van der Waals surface area (Å²) >= 11 is 3.18. The third-order valence-electron chi connectivity index (χ3n) is 2.42. The lowest BCUT2D eigenvalue weighted by atomic mass is 10.0. The molecule has 0 bridgehead atoms. The van der Waals surface area contributed by atoms with E-state index in [4.69, 9.17) is 5.11 Å². The summed E-state index contributed by atoms with van der Waals surface area (Å²) in [6.45, 7) is 3.39. The molecule has 0 heterocycles. The first-order chi connectivity index (χ1) is 8.32. The largest absolute Gasteiger partial charge is 0.507 e. The van der Waals surface area contributed by atoms with Gasteiger partial charge in [0.25, 0.3) is 5.91 Å². The number of carboxylic acids is 1. The van der Waals surface area contributed by atoms with Gasteiger partial charge in [0.05, 0.1) is 5.56 Å². The van der Waals surface area contributed by atoms with Crippen molar-refractivity contribution in [3.05, 3.63) is 28.2 Å². The van der Waals surface area contributed by atoms with Gasteiger partial charge in [-0.1, -0.05) is 29.8 Å². The average molecular weight is 316 g/mol. The van der Waals surface area contributed by atoms with E-state index in [2.05, 4.69) is 21.2 Å². The van der Waals surface area contributed by atoms with Crippen LogP contribution in [0.5, 0.6) is 5.75 Å². The lowest BCUT2D eigenvalue weighted by Crippen LogP contribution is -2.44. The fourth-order valence-electron chi connectivity index (χ4n) is 1.42. The Labute approximate surface area is 113 Å². The summed E-state index contributed by atoms with van der Waals surface area (Å²) < 4.78 is 0.627. The number of phenolic OH excluding ortho intramolecular Hbond substituents is 1. The molecule has 1 atom stereocenters.